The standard InChI is InChI=1S/C10H14F3N2O13P3S/c1-9(12)6(16)10(13,26-7(9)15-2-4(11)5(32)14-8(15)17)3-25-30(21,22)28-31(23,24)27-29(18,19)20/h2,6-7,16H,3H2,1H3,(H,21,22)(H,23,24)(H,14,17,32)(H2,18,19,20)/t6-,7-,9?,10-/m1/s1. The number of rotatable bonds is 8. The third-order valence-electron chi connectivity index (χ3n) is 3.75. The van der Waals surface area contributed by atoms with Gasteiger partial charge in [0.25, 0.3) is 5.85 Å². The third-order valence-corrected chi connectivity index (χ3v) is 7.83. The molecule has 1 aliphatic rings. The molecule has 1 aromatic rings. The van der Waals surface area contributed by atoms with Crippen LogP contribution < -0.4 is 5.69 Å². The SMILES string of the molecule is CC1(F)[C@@H](O)[C@@](F)(COP(=O)(O)OP(=O)(O)OP(=O)(O)O)O[C@H]1n1cc(F)c(=S)[nH]c1=O. The molecule has 184 valence electrons. The molecule has 1 aromatic heterocycles. The Bertz CT molecular complexity index is 1150. The minimum Gasteiger partial charge on any atom is -0.384 e. The quantitative estimate of drug-likeness (QED) is 0.193. The average molecular weight is 552 g/mol. The number of aliphatic hydroxyl groups is 1. The molecule has 0 aromatic carbocycles. The Morgan fingerprint density at radius 1 is 1.22 bits per heavy atom. The van der Waals surface area contributed by atoms with Crippen molar-refractivity contribution in [2.24, 2.45) is 0 Å². The molecule has 0 saturated carbocycles. The van der Waals surface area contributed by atoms with Gasteiger partial charge in [-0.25, -0.2) is 31.7 Å². The first kappa shape index (κ1) is 27.5. The molecule has 1 aliphatic heterocycles. The van der Waals surface area contributed by atoms with Crippen LogP contribution in [0.4, 0.5) is 13.2 Å². The number of phosphoric acid groups is 3. The largest absolute Gasteiger partial charge is 0.490 e. The van der Waals surface area contributed by atoms with Gasteiger partial charge >= 0.3 is 29.2 Å². The maximum absolute atomic E-state index is 15.0. The lowest BCUT2D eigenvalue weighted by molar-refractivity contribution is -0.205. The molecule has 2 heterocycles. The average Bonchev–Trinajstić information content (AvgIpc) is 2.74. The summed E-state index contributed by atoms with van der Waals surface area (Å²) in [6.45, 7) is -1.37. The van der Waals surface area contributed by atoms with Crippen LogP contribution in [0.1, 0.15) is 13.2 Å². The molecule has 6 atom stereocenters. The Labute approximate surface area is 179 Å². The topological polar surface area (TPSA) is 227 Å². The van der Waals surface area contributed by atoms with Crippen LogP contribution in [0.5, 0.6) is 0 Å². The highest BCUT2D eigenvalue weighted by atomic mass is 32.1. The number of halogens is 3. The van der Waals surface area contributed by atoms with Crippen molar-refractivity contribution < 1.29 is 69.4 Å². The number of nitrogens with one attached hydrogen (secondary N) is 1. The van der Waals surface area contributed by atoms with Gasteiger partial charge in [-0.1, -0.05) is 12.2 Å². The smallest absolute Gasteiger partial charge is 0.384 e. The Hall–Kier alpha value is -0.780. The van der Waals surface area contributed by atoms with E-state index in [1.807, 2.05) is 0 Å². The lowest BCUT2D eigenvalue weighted by Crippen LogP contribution is -2.47. The summed E-state index contributed by atoms with van der Waals surface area (Å²) in [5.41, 5.74) is -4.48. The van der Waals surface area contributed by atoms with Gasteiger partial charge in [0, 0.05) is 0 Å². The monoisotopic (exact) mass is 552 g/mol. The summed E-state index contributed by atoms with van der Waals surface area (Å²) in [6.07, 6.45) is -4.89. The van der Waals surface area contributed by atoms with Gasteiger partial charge in [-0.2, -0.15) is 8.62 Å². The first-order chi connectivity index (χ1) is 14.2. The normalized spacial score (nSPS) is 32.4. The fourth-order valence-corrected chi connectivity index (χ4v) is 5.65. The molecule has 15 nitrogen and oxygen atoms in total. The maximum atomic E-state index is 15.0. The Balaban J connectivity index is 2.26. The zero-order valence-corrected chi connectivity index (χ0v) is 18.8. The minimum absolute atomic E-state index is 0.153. The van der Waals surface area contributed by atoms with Gasteiger partial charge in [0.05, 0.1) is 6.20 Å². The van der Waals surface area contributed by atoms with E-state index in [1.165, 1.54) is 0 Å². The Morgan fingerprint density at radius 3 is 2.31 bits per heavy atom. The second-order valence-corrected chi connectivity index (χ2v) is 11.1. The van der Waals surface area contributed by atoms with Crippen molar-refractivity contribution in [3.05, 3.63) is 27.1 Å². The predicted molar refractivity (Wildman–Crippen MR) is 95.1 cm³/mol. The molecule has 0 bridgehead atoms. The van der Waals surface area contributed by atoms with E-state index in [2.05, 4.69) is 30.1 Å². The van der Waals surface area contributed by atoms with Crippen LogP contribution >= 0.6 is 35.7 Å². The maximum Gasteiger partial charge on any atom is 0.490 e. The van der Waals surface area contributed by atoms with E-state index in [-0.39, 0.29) is 4.57 Å². The fourth-order valence-electron chi connectivity index (χ4n) is 2.47. The third kappa shape index (κ3) is 6.21. The number of ether oxygens (including phenoxy) is 1. The second kappa shape index (κ2) is 8.78. The van der Waals surface area contributed by atoms with Crippen molar-refractivity contribution in [1.82, 2.24) is 9.55 Å². The van der Waals surface area contributed by atoms with Crippen LogP contribution in [0.25, 0.3) is 0 Å². The minimum atomic E-state index is -5.94. The molecule has 0 amide bonds. The highest BCUT2D eigenvalue weighted by Crippen LogP contribution is 2.66. The number of aromatic nitrogens is 2. The summed E-state index contributed by atoms with van der Waals surface area (Å²) in [5.74, 6) is -4.99. The molecule has 6 N–H and O–H groups in total. The van der Waals surface area contributed by atoms with E-state index in [0.29, 0.717) is 13.1 Å². The first-order valence-electron chi connectivity index (χ1n) is 7.72. The van der Waals surface area contributed by atoms with Gasteiger partial charge in [0.15, 0.2) is 23.8 Å². The number of aliphatic hydroxyl groups excluding tert-OH is 1. The lowest BCUT2D eigenvalue weighted by Gasteiger charge is -2.25. The zero-order chi connectivity index (χ0) is 24.9. The molecule has 1 saturated heterocycles. The number of H-pyrrole nitrogens is 1. The van der Waals surface area contributed by atoms with Crippen molar-refractivity contribution in [1.29, 1.82) is 0 Å². The van der Waals surface area contributed by atoms with Crippen LogP contribution in [0.3, 0.4) is 0 Å². The predicted octanol–water partition coefficient (Wildman–Crippen LogP) is 0.672. The van der Waals surface area contributed by atoms with Gasteiger partial charge in [-0.3, -0.25) is 14.1 Å². The van der Waals surface area contributed by atoms with Crippen molar-refractivity contribution in [2.75, 3.05) is 6.61 Å². The number of hydrogen-bond donors (Lipinski definition) is 6. The van der Waals surface area contributed by atoms with Crippen LogP contribution in [0, 0.1) is 10.5 Å². The molecule has 1 fully saturated rings. The molecule has 22 heteroatoms. The van der Waals surface area contributed by atoms with Crippen LogP contribution in [-0.4, -0.2) is 58.5 Å². The van der Waals surface area contributed by atoms with E-state index >= 15 is 4.39 Å². The first-order valence-corrected chi connectivity index (χ1v) is 12.7. The summed E-state index contributed by atoms with van der Waals surface area (Å²) in [5, 5.41) is 9.97. The van der Waals surface area contributed by atoms with Crippen LogP contribution in [0.15, 0.2) is 11.0 Å². The molecule has 32 heavy (non-hydrogen) atoms. The van der Waals surface area contributed by atoms with E-state index in [1.54, 1.807) is 4.98 Å². The van der Waals surface area contributed by atoms with Crippen molar-refractivity contribution >= 4 is 35.7 Å². The number of aromatic amines is 1. The number of hydrogen-bond acceptors (Lipinski definition) is 10. The Morgan fingerprint density at radius 2 is 1.78 bits per heavy atom. The molecule has 0 radical (unpaired) electrons. The highest BCUT2D eigenvalue weighted by molar-refractivity contribution is 7.71. The summed E-state index contributed by atoms with van der Waals surface area (Å²) in [7, 11) is -17.5. The number of phosphoric ester groups is 1. The molecular formula is C10H14F3N2O13P3S. The molecule has 0 aliphatic carbocycles. The van der Waals surface area contributed by atoms with E-state index in [0.717, 1.165) is 0 Å². The summed E-state index contributed by atoms with van der Waals surface area (Å²) >= 11 is 4.46. The van der Waals surface area contributed by atoms with Gasteiger partial charge in [0.1, 0.15) is 11.2 Å². The van der Waals surface area contributed by atoms with E-state index < -0.39 is 70.1 Å². The van der Waals surface area contributed by atoms with E-state index in [4.69, 9.17) is 14.7 Å². The molecule has 3 unspecified atom stereocenters. The van der Waals surface area contributed by atoms with Crippen LogP contribution in [0.2, 0.25) is 0 Å². The van der Waals surface area contributed by atoms with Crippen LogP contribution in [-0.2, 0) is 31.6 Å². The van der Waals surface area contributed by atoms with Crippen molar-refractivity contribution in [2.45, 2.75) is 30.8 Å². The summed E-state index contributed by atoms with van der Waals surface area (Å²) < 4.78 is 92.1. The zero-order valence-electron chi connectivity index (χ0n) is 15.3. The second-order valence-electron chi connectivity index (χ2n) is 6.32. The number of nitrogens with zero attached hydrogens (tertiary/aromatic N) is 1. The van der Waals surface area contributed by atoms with Gasteiger partial charge in [-0.15, -0.1) is 0 Å². The summed E-state index contributed by atoms with van der Waals surface area (Å²) in [4.78, 5) is 49.0. The molecule has 2 rings (SSSR count). The van der Waals surface area contributed by atoms with Gasteiger partial charge in [0.2, 0.25) is 0 Å². The fraction of sp³-hybridized carbons (Fsp3) is 0.600. The van der Waals surface area contributed by atoms with Crippen molar-refractivity contribution in [3.8, 4) is 0 Å². The summed E-state index contributed by atoms with van der Waals surface area (Å²) in [6, 6.07) is 0. The number of alkyl halides is 2. The van der Waals surface area contributed by atoms with Gasteiger partial charge in [-0.05, 0) is 6.92 Å². The highest BCUT2D eigenvalue weighted by Gasteiger charge is 2.65. The Kier molecular flexibility index (Phi) is 7.53. The van der Waals surface area contributed by atoms with E-state index in [9.17, 15) is 37.3 Å². The lowest BCUT2D eigenvalue weighted by atomic mass is 9.97. The van der Waals surface area contributed by atoms with Crippen molar-refractivity contribution in [3.63, 3.8) is 0 Å². The van der Waals surface area contributed by atoms with Gasteiger partial charge < -0.3 is 29.4 Å². The molecule has 0 spiro atoms. The molecular weight excluding hydrogens is 538 g/mol.